The summed E-state index contributed by atoms with van der Waals surface area (Å²) in [7, 11) is -3.26. The lowest BCUT2D eigenvalue weighted by Gasteiger charge is -2.31. The van der Waals surface area contributed by atoms with Gasteiger partial charge in [0.25, 0.3) is 0 Å². The van der Waals surface area contributed by atoms with Crippen LogP contribution in [0.2, 0.25) is 10.0 Å². The van der Waals surface area contributed by atoms with E-state index in [1.807, 2.05) is 17.0 Å². The molecule has 1 aliphatic heterocycles. The van der Waals surface area contributed by atoms with Crippen LogP contribution >= 0.6 is 23.2 Å². The molecule has 6 nitrogen and oxygen atoms in total. The molecule has 2 heterocycles. The highest BCUT2D eigenvalue weighted by Gasteiger charge is 2.38. The predicted molar refractivity (Wildman–Crippen MR) is 133 cm³/mol. The normalized spacial score (nSPS) is 20.6. The van der Waals surface area contributed by atoms with Crippen molar-refractivity contribution in [1.29, 1.82) is 0 Å². The summed E-state index contributed by atoms with van der Waals surface area (Å²) in [5.74, 6) is 0.0265. The number of likely N-dealkylation sites (tertiary alicyclic amines) is 1. The maximum Gasteiger partial charge on any atom is 0.226 e. The van der Waals surface area contributed by atoms with E-state index in [0.29, 0.717) is 16.5 Å². The Kier molecular flexibility index (Phi) is 6.21. The quantitative estimate of drug-likeness (QED) is 0.529. The van der Waals surface area contributed by atoms with E-state index in [1.165, 1.54) is 6.26 Å². The van der Waals surface area contributed by atoms with Crippen LogP contribution in [0.4, 0.5) is 0 Å². The van der Waals surface area contributed by atoms with E-state index < -0.39 is 9.84 Å². The Hall–Kier alpha value is -2.35. The van der Waals surface area contributed by atoms with Crippen molar-refractivity contribution in [2.24, 2.45) is 5.92 Å². The Morgan fingerprint density at radius 3 is 2.47 bits per heavy atom. The molecule has 1 aromatic heterocycles. The number of hydrogen-bond acceptors (Lipinski definition) is 4. The molecule has 0 saturated carbocycles. The molecule has 1 amide bonds. The van der Waals surface area contributed by atoms with Crippen molar-refractivity contribution in [2.45, 2.75) is 43.0 Å². The first-order chi connectivity index (χ1) is 16.2. The largest absolute Gasteiger partial charge is 0.348 e. The van der Waals surface area contributed by atoms with Gasteiger partial charge < -0.3 is 9.88 Å². The molecule has 0 spiro atoms. The number of carbonyl (C=O) groups excluding carboxylic acids is 1. The number of rotatable bonds is 5. The lowest BCUT2D eigenvalue weighted by atomic mass is 9.94. The van der Waals surface area contributed by atoms with Crippen molar-refractivity contribution in [1.82, 2.24) is 14.9 Å². The fraction of sp³-hybridized carbons (Fsp3) is 0.360. The summed E-state index contributed by atoms with van der Waals surface area (Å²) in [5, 5.41) is 1.03. The number of amides is 1. The van der Waals surface area contributed by atoms with Crippen LogP contribution in [-0.2, 0) is 33.9 Å². The summed E-state index contributed by atoms with van der Waals surface area (Å²) in [6.45, 7) is 0.748. The van der Waals surface area contributed by atoms with Gasteiger partial charge in [0.1, 0.15) is 0 Å². The van der Waals surface area contributed by atoms with Crippen LogP contribution in [0, 0.1) is 5.92 Å². The van der Waals surface area contributed by atoms with E-state index in [1.54, 1.807) is 30.6 Å². The summed E-state index contributed by atoms with van der Waals surface area (Å²) in [5.41, 5.74) is 4.65. The molecule has 34 heavy (non-hydrogen) atoms. The number of fused-ring (bicyclic) bond motifs is 1. The minimum absolute atomic E-state index is 0.141. The average molecular weight is 518 g/mol. The molecule has 1 unspecified atom stereocenters. The molecular formula is C25H25Cl2N3O3S. The summed E-state index contributed by atoms with van der Waals surface area (Å²) in [6, 6.07) is 10.5. The SMILES string of the molecule is CS(=O)(=O)c1ccc(-c2cc(Cl)c(C[C@@H]3CCN(C4CCc5nc[nH]c5C4)C3=O)c(Cl)c2)cc1. The van der Waals surface area contributed by atoms with Crippen molar-refractivity contribution in [2.75, 3.05) is 12.8 Å². The molecule has 178 valence electrons. The number of aryl methyl sites for hydroxylation is 1. The van der Waals surface area contributed by atoms with E-state index in [0.717, 1.165) is 60.3 Å². The second kappa shape index (κ2) is 9.02. The first kappa shape index (κ1) is 23.4. The zero-order valence-electron chi connectivity index (χ0n) is 18.7. The number of nitrogens with one attached hydrogen (secondary N) is 1. The topological polar surface area (TPSA) is 83.1 Å². The standard InChI is InChI=1S/C25H25Cl2N3O3S/c1-34(32,33)19-5-2-15(3-6-19)17-11-21(26)20(22(27)12-17)10-16-8-9-30(25(16)31)18-4-7-23-24(13-18)29-14-28-23/h2-3,5-6,11-12,14,16,18H,4,7-10,13H2,1H3,(H,28,29)/t16-,18?/m0/s1. The maximum atomic E-state index is 13.2. The van der Waals surface area contributed by atoms with Gasteiger partial charge in [0.2, 0.25) is 5.91 Å². The third kappa shape index (κ3) is 4.49. The highest BCUT2D eigenvalue weighted by atomic mass is 35.5. The number of aromatic amines is 1. The third-order valence-corrected chi connectivity index (χ3v) is 8.76. The van der Waals surface area contributed by atoms with Gasteiger partial charge in [-0.05, 0) is 66.6 Å². The van der Waals surface area contributed by atoms with Gasteiger partial charge in [-0.2, -0.15) is 0 Å². The Morgan fingerprint density at radius 2 is 1.79 bits per heavy atom. The minimum Gasteiger partial charge on any atom is -0.348 e. The molecule has 2 aromatic carbocycles. The molecule has 2 aliphatic rings. The van der Waals surface area contributed by atoms with Crippen LogP contribution in [0.1, 0.15) is 29.8 Å². The Balaban J connectivity index is 1.31. The minimum atomic E-state index is -3.26. The smallest absolute Gasteiger partial charge is 0.226 e. The number of hydrogen-bond donors (Lipinski definition) is 1. The number of H-pyrrole nitrogens is 1. The highest BCUT2D eigenvalue weighted by Crippen LogP contribution is 2.36. The van der Waals surface area contributed by atoms with E-state index >= 15 is 0 Å². The fourth-order valence-corrected chi connectivity index (χ4v) is 6.34. The molecule has 0 bridgehead atoms. The van der Waals surface area contributed by atoms with Crippen molar-refractivity contribution in [3.05, 3.63) is 69.7 Å². The summed E-state index contributed by atoms with van der Waals surface area (Å²) in [4.78, 5) is 23.1. The van der Waals surface area contributed by atoms with Gasteiger partial charge in [-0.25, -0.2) is 13.4 Å². The number of imidazole rings is 1. The van der Waals surface area contributed by atoms with Crippen LogP contribution in [-0.4, -0.2) is 48.0 Å². The zero-order valence-corrected chi connectivity index (χ0v) is 21.1. The van der Waals surface area contributed by atoms with Gasteiger partial charge in [-0.15, -0.1) is 0 Å². The van der Waals surface area contributed by atoms with Gasteiger partial charge in [-0.3, -0.25) is 4.79 Å². The van der Waals surface area contributed by atoms with Gasteiger partial charge in [0, 0.05) is 46.9 Å². The number of sulfone groups is 1. The fourth-order valence-electron chi connectivity index (χ4n) is 5.07. The molecule has 5 rings (SSSR count). The van der Waals surface area contributed by atoms with Crippen molar-refractivity contribution >= 4 is 38.9 Å². The Morgan fingerprint density at radius 1 is 1.09 bits per heavy atom. The summed E-state index contributed by atoms with van der Waals surface area (Å²) >= 11 is 13.3. The number of aromatic nitrogens is 2. The molecule has 0 radical (unpaired) electrons. The molecule has 2 atom stereocenters. The van der Waals surface area contributed by atoms with E-state index in [2.05, 4.69) is 9.97 Å². The van der Waals surface area contributed by atoms with Crippen LogP contribution in [0.3, 0.4) is 0 Å². The van der Waals surface area contributed by atoms with Crippen molar-refractivity contribution < 1.29 is 13.2 Å². The van der Waals surface area contributed by atoms with Crippen LogP contribution < -0.4 is 0 Å². The number of benzene rings is 2. The first-order valence-corrected chi connectivity index (χ1v) is 14.0. The van der Waals surface area contributed by atoms with Crippen molar-refractivity contribution in [3.63, 3.8) is 0 Å². The average Bonchev–Trinajstić information content (AvgIpc) is 3.41. The monoisotopic (exact) mass is 517 g/mol. The molecule has 9 heteroatoms. The molecule has 1 N–H and O–H groups in total. The van der Waals surface area contributed by atoms with Gasteiger partial charge >= 0.3 is 0 Å². The van der Waals surface area contributed by atoms with Gasteiger partial charge in [0.15, 0.2) is 9.84 Å². The van der Waals surface area contributed by atoms with Crippen molar-refractivity contribution in [3.8, 4) is 11.1 Å². The highest BCUT2D eigenvalue weighted by molar-refractivity contribution is 7.90. The number of halogens is 2. The lowest BCUT2D eigenvalue weighted by Crippen LogP contribution is -2.41. The Bertz CT molecular complexity index is 1330. The Labute approximate surface area is 209 Å². The number of nitrogens with zero attached hydrogens (tertiary/aromatic N) is 2. The maximum absolute atomic E-state index is 13.2. The summed E-state index contributed by atoms with van der Waals surface area (Å²) < 4.78 is 23.4. The zero-order chi connectivity index (χ0) is 24.0. The first-order valence-electron chi connectivity index (χ1n) is 11.3. The molecule has 1 aliphatic carbocycles. The van der Waals surface area contributed by atoms with Crippen LogP contribution in [0.25, 0.3) is 11.1 Å². The summed E-state index contributed by atoms with van der Waals surface area (Å²) in [6.07, 6.45) is 6.85. The third-order valence-electron chi connectivity index (χ3n) is 6.96. The molecule has 1 fully saturated rings. The van der Waals surface area contributed by atoms with Crippen LogP contribution in [0.5, 0.6) is 0 Å². The van der Waals surface area contributed by atoms with Crippen LogP contribution in [0.15, 0.2) is 47.6 Å². The van der Waals surface area contributed by atoms with E-state index in [-0.39, 0.29) is 22.8 Å². The second-order valence-electron chi connectivity index (χ2n) is 9.16. The molecule has 3 aromatic rings. The van der Waals surface area contributed by atoms with Gasteiger partial charge in [-0.1, -0.05) is 35.3 Å². The number of carbonyl (C=O) groups is 1. The lowest BCUT2D eigenvalue weighted by molar-refractivity contribution is -0.133. The van der Waals surface area contributed by atoms with E-state index in [9.17, 15) is 13.2 Å². The van der Waals surface area contributed by atoms with Gasteiger partial charge in [0.05, 0.1) is 16.9 Å². The second-order valence-corrected chi connectivity index (χ2v) is 12.0. The molecular weight excluding hydrogens is 493 g/mol. The predicted octanol–water partition coefficient (Wildman–Crippen LogP) is 4.74. The molecule has 1 saturated heterocycles. The van der Waals surface area contributed by atoms with E-state index in [4.69, 9.17) is 23.2 Å².